The van der Waals surface area contributed by atoms with Crippen molar-refractivity contribution in [2.45, 2.75) is 30.1 Å². The van der Waals surface area contributed by atoms with E-state index in [0.717, 1.165) is 0 Å². The van der Waals surface area contributed by atoms with Crippen LogP contribution in [0.1, 0.15) is 30.1 Å². The van der Waals surface area contributed by atoms with E-state index in [2.05, 4.69) is 15.3 Å². The quantitative estimate of drug-likeness (QED) is 0.128. The second-order valence-corrected chi connectivity index (χ2v) is 9.38. The summed E-state index contributed by atoms with van der Waals surface area (Å²) in [5, 5.41) is 6.14. The average molecular weight is 520 g/mol. The lowest BCUT2D eigenvalue weighted by Crippen LogP contribution is -2.28. The predicted molar refractivity (Wildman–Crippen MR) is 127 cm³/mol. The molecule has 0 aromatic heterocycles. The van der Waals surface area contributed by atoms with Crippen molar-refractivity contribution in [2.24, 2.45) is 5.11 Å². The molecule has 13 heteroatoms. The molecule has 0 unspecified atom stereocenters. The van der Waals surface area contributed by atoms with Crippen molar-refractivity contribution < 1.29 is 32.2 Å². The number of sulfone groups is 1. The number of methoxy groups -OCH3 is 1. The van der Waals surface area contributed by atoms with E-state index >= 15 is 0 Å². The molecule has 1 amide bonds. The van der Waals surface area contributed by atoms with Gasteiger partial charge in [0.1, 0.15) is 0 Å². The van der Waals surface area contributed by atoms with Gasteiger partial charge in [-0.25, -0.2) is 8.42 Å². The molecule has 0 aliphatic carbocycles. The van der Waals surface area contributed by atoms with Gasteiger partial charge in [0.25, 0.3) is 5.91 Å². The van der Waals surface area contributed by atoms with Crippen LogP contribution in [0, 0.1) is 6.42 Å². The molecule has 1 N–H and O–H groups in total. The molecule has 0 saturated heterocycles. The van der Waals surface area contributed by atoms with Gasteiger partial charge in [-0.1, -0.05) is 23.6 Å². The Hall–Kier alpha value is -1.92. The van der Waals surface area contributed by atoms with Gasteiger partial charge in [0.05, 0.1) is 55.1 Å². The second-order valence-electron chi connectivity index (χ2n) is 6.89. The van der Waals surface area contributed by atoms with Crippen molar-refractivity contribution in [3.8, 4) is 0 Å². The smallest absolute Gasteiger partial charge is 0.252 e. The van der Waals surface area contributed by atoms with E-state index < -0.39 is 21.2 Å². The minimum absolute atomic E-state index is 0.0276. The van der Waals surface area contributed by atoms with E-state index in [1.165, 1.54) is 25.3 Å². The number of amides is 1. The predicted octanol–water partition coefficient (Wildman–Crippen LogP) is 3.18. The summed E-state index contributed by atoms with van der Waals surface area (Å²) in [5.41, 5.74) is 7.17. The Labute approximate surface area is 205 Å². The summed E-state index contributed by atoms with van der Waals surface area (Å²) < 4.78 is 46.8. The Kier molecular flexibility index (Phi) is 15.5. The fourth-order valence-corrected chi connectivity index (χ4v) is 4.48. The lowest BCUT2D eigenvalue weighted by molar-refractivity contribution is 0.0166. The monoisotopic (exact) mass is 519 g/mol. The zero-order valence-corrected chi connectivity index (χ0v) is 21.0. The summed E-state index contributed by atoms with van der Waals surface area (Å²) in [7, 11) is -2.45. The standard InChI is InChI=1S/C21H32ClN4O7S/c1-3-4-5-20(30-2)34(28,29)17-6-7-19(22)18(16-17)21(27)24-8-10-31-12-14-33-15-13-32-11-9-25-26-23/h3,6-7,16,20H,4-5,8-15H2,1-2H3,(H,24,27)/t20-/m0/s1. The molecule has 34 heavy (non-hydrogen) atoms. The average Bonchev–Trinajstić information content (AvgIpc) is 2.82. The molecule has 0 spiro atoms. The summed E-state index contributed by atoms with van der Waals surface area (Å²) >= 11 is 6.13. The summed E-state index contributed by atoms with van der Waals surface area (Å²) in [6.45, 7) is 4.37. The molecule has 0 bridgehead atoms. The van der Waals surface area contributed by atoms with Crippen LogP contribution in [0.25, 0.3) is 10.4 Å². The number of hydrogen-bond donors (Lipinski definition) is 1. The summed E-state index contributed by atoms with van der Waals surface area (Å²) in [5.74, 6) is -0.504. The molecule has 0 heterocycles. The number of carbonyl (C=O) groups excluding carboxylic acids is 1. The summed E-state index contributed by atoms with van der Waals surface area (Å²) in [4.78, 5) is 15.1. The Bertz CT molecular complexity index is 895. The van der Waals surface area contributed by atoms with Gasteiger partial charge in [0.2, 0.25) is 9.84 Å². The first kappa shape index (κ1) is 30.1. The van der Waals surface area contributed by atoms with Crippen LogP contribution in [0.2, 0.25) is 5.02 Å². The first-order valence-corrected chi connectivity index (χ1v) is 12.7. The van der Waals surface area contributed by atoms with E-state index in [-0.39, 0.29) is 35.2 Å². The first-order chi connectivity index (χ1) is 16.4. The minimum atomic E-state index is -3.79. The number of hydrogen-bond acceptors (Lipinski definition) is 8. The van der Waals surface area contributed by atoms with Crippen LogP contribution < -0.4 is 5.32 Å². The van der Waals surface area contributed by atoms with E-state index in [1.54, 1.807) is 0 Å². The van der Waals surface area contributed by atoms with Crippen LogP contribution in [0.4, 0.5) is 0 Å². The van der Waals surface area contributed by atoms with E-state index in [4.69, 9.17) is 36.1 Å². The van der Waals surface area contributed by atoms with Gasteiger partial charge < -0.3 is 24.3 Å². The molecule has 1 atom stereocenters. The van der Waals surface area contributed by atoms with Crippen molar-refractivity contribution in [2.75, 3.05) is 59.8 Å². The highest BCUT2D eigenvalue weighted by Crippen LogP contribution is 2.25. The number of unbranched alkanes of at least 4 members (excludes halogenated alkanes) is 1. The van der Waals surface area contributed by atoms with Gasteiger partial charge in [0.15, 0.2) is 5.44 Å². The van der Waals surface area contributed by atoms with Gasteiger partial charge >= 0.3 is 0 Å². The van der Waals surface area contributed by atoms with Crippen LogP contribution in [0.3, 0.4) is 0 Å². The van der Waals surface area contributed by atoms with Gasteiger partial charge in [-0.15, -0.1) is 0 Å². The normalized spacial score (nSPS) is 12.2. The highest BCUT2D eigenvalue weighted by Gasteiger charge is 2.28. The molecule has 11 nitrogen and oxygen atoms in total. The number of halogens is 1. The molecule has 0 fully saturated rings. The Morgan fingerprint density at radius 1 is 1.18 bits per heavy atom. The molecular weight excluding hydrogens is 488 g/mol. The number of nitrogens with zero attached hydrogens (tertiary/aromatic N) is 3. The van der Waals surface area contributed by atoms with Crippen molar-refractivity contribution in [1.29, 1.82) is 0 Å². The van der Waals surface area contributed by atoms with Crippen LogP contribution >= 0.6 is 11.6 Å². The molecule has 1 rings (SSSR count). The van der Waals surface area contributed by atoms with Crippen LogP contribution in [-0.4, -0.2) is 79.6 Å². The number of ether oxygens (including phenoxy) is 4. The van der Waals surface area contributed by atoms with Crippen LogP contribution in [-0.2, 0) is 28.8 Å². The Morgan fingerprint density at radius 2 is 1.82 bits per heavy atom. The van der Waals surface area contributed by atoms with E-state index in [1.807, 2.05) is 13.3 Å². The third kappa shape index (κ3) is 11.0. The van der Waals surface area contributed by atoms with Crippen molar-refractivity contribution in [3.63, 3.8) is 0 Å². The van der Waals surface area contributed by atoms with Crippen molar-refractivity contribution >= 4 is 27.3 Å². The van der Waals surface area contributed by atoms with Gasteiger partial charge in [-0.2, -0.15) is 0 Å². The molecule has 0 aliphatic heterocycles. The third-order valence-corrected chi connectivity index (χ3v) is 6.85. The summed E-state index contributed by atoms with van der Waals surface area (Å²) in [6, 6.07) is 4.01. The topological polar surface area (TPSA) is 149 Å². The number of rotatable bonds is 19. The lowest BCUT2D eigenvalue weighted by atomic mass is 10.2. The second kappa shape index (κ2) is 17.5. The number of nitrogens with one attached hydrogen (secondary N) is 1. The van der Waals surface area contributed by atoms with Gasteiger partial charge in [0, 0.05) is 25.1 Å². The van der Waals surface area contributed by atoms with Gasteiger partial charge in [-0.3, -0.25) is 4.79 Å². The fraction of sp³-hybridized carbons (Fsp3) is 0.619. The number of carbonyl (C=O) groups is 1. The zero-order valence-electron chi connectivity index (χ0n) is 19.4. The van der Waals surface area contributed by atoms with Crippen LogP contribution in [0.5, 0.6) is 0 Å². The SMILES string of the molecule is C[CH]CC[C@@H](OC)S(=O)(=O)c1ccc(Cl)c(C(=O)NCCOCCOCCOCCN=[N+]=[N-])c1. The molecule has 0 saturated carbocycles. The van der Waals surface area contributed by atoms with E-state index in [0.29, 0.717) is 45.9 Å². The highest BCUT2D eigenvalue weighted by atomic mass is 35.5. The minimum Gasteiger partial charge on any atom is -0.379 e. The maximum Gasteiger partial charge on any atom is 0.252 e. The van der Waals surface area contributed by atoms with Crippen LogP contribution in [0.15, 0.2) is 28.2 Å². The first-order valence-electron chi connectivity index (χ1n) is 10.7. The van der Waals surface area contributed by atoms with Crippen molar-refractivity contribution in [1.82, 2.24) is 5.32 Å². The maximum atomic E-state index is 12.9. The maximum absolute atomic E-state index is 12.9. The zero-order chi connectivity index (χ0) is 25.2. The number of azide groups is 1. The van der Waals surface area contributed by atoms with Crippen molar-refractivity contribution in [3.05, 3.63) is 45.6 Å². The largest absolute Gasteiger partial charge is 0.379 e. The summed E-state index contributed by atoms with van der Waals surface area (Å²) in [6.07, 6.45) is 2.75. The van der Waals surface area contributed by atoms with E-state index in [9.17, 15) is 13.2 Å². The molecule has 1 aromatic carbocycles. The number of benzene rings is 1. The molecule has 1 aromatic rings. The molecule has 1 radical (unpaired) electrons. The lowest BCUT2D eigenvalue weighted by Gasteiger charge is -2.17. The molecule has 0 aliphatic rings. The molecular formula is C21H32ClN4O7S. The molecule has 191 valence electrons. The third-order valence-electron chi connectivity index (χ3n) is 4.49. The Morgan fingerprint density at radius 3 is 2.44 bits per heavy atom. The Balaban J connectivity index is 2.41. The highest BCUT2D eigenvalue weighted by molar-refractivity contribution is 7.91. The fourth-order valence-electron chi connectivity index (χ4n) is 2.73. The van der Waals surface area contributed by atoms with Gasteiger partial charge in [-0.05, 0) is 43.0 Å².